The number of benzene rings is 3. The minimum absolute atomic E-state index is 0.199. The molecule has 0 atom stereocenters. The van der Waals surface area contributed by atoms with Gasteiger partial charge in [-0.1, -0.05) is 17.7 Å². The quantitative estimate of drug-likeness (QED) is 0.214. The van der Waals surface area contributed by atoms with Gasteiger partial charge in [0.25, 0.3) is 29.1 Å². The molecule has 13 nitrogen and oxygen atoms in total. The molecule has 3 rings (SSSR count). The third-order valence-electron chi connectivity index (χ3n) is 4.79. The van der Waals surface area contributed by atoms with E-state index in [1.54, 1.807) is 18.2 Å². The van der Waals surface area contributed by atoms with Gasteiger partial charge in [-0.15, -0.1) is 0 Å². The standard InChI is InChI=1S/C23H18N6O7S/c1-13-3-2-4-15(9-13)20(30)24-17-7-5-14(6-8-17)22(32)26-27-23(37)25-21(31)16-10-18(28(33)34)12-19(11-16)29(35)36/h2-12H,1H3,(H,24,30)(H,26,32)(H2,25,27,31,37). The summed E-state index contributed by atoms with van der Waals surface area (Å²) in [5, 5.41) is 26.5. The van der Waals surface area contributed by atoms with Crippen molar-refractivity contribution in [2.45, 2.75) is 6.92 Å². The molecule has 0 radical (unpaired) electrons. The number of hydrogen-bond acceptors (Lipinski definition) is 8. The zero-order valence-corrected chi connectivity index (χ0v) is 19.8. The van der Waals surface area contributed by atoms with E-state index in [1.807, 2.05) is 13.0 Å². The van der Waals surface area contributed by atoms with Crippen LogP contribution in [0.4, 0.5) is 17.1 Å². The summed E-state index contributed by atoms with van der Waals surface area (Å²) in [5.41, 5.74) is 4.97. The van der Waals surface area contributed by atoms with E-state index in [4.69, 9.17) is 12.2 Å². The molecule has 4 N–H and O–H groups in total. The molecule has 188 valence electrons. The highest BCUT2D eigenvalue weighted by molar-refractivity contribution is 7.80. The first-order valence-corrected chi connectivity index (χ1v) is 10.8. The van der Waals surface area contributed by atoms with E-state index in [0.29, 0.717) is 17.3 Å². The molecule has 0 heterocycles. The number of carbonyl (C=O) groups excluding carboxylic acids is 3. The third-order valence-corrected chi connectivity index (χ3v) is 4.99. The number of aryl methyl sites for hydroxylation is 1. The molecule has 0 fully saturated rings. The van der Waals surface area contributed by atoms with E-state index in [-0.39, 0.29) is 22.1 Å². The second-order valence-electron chi connectivity index (χ2n) is 7.52. The third kappa shape index (κ3) is 7.12. The van der Waals surface area contributed by atoms with Crippen LogP contribution in [0.2, 0.25) is 0 Å². The van der Waals surface area contributed by atoms with Crippen molar-refractivity contribution in [3.05, 3.63) is 109 Å². The van der Waals surface area contributed by atoms with E-state index in [1.165, 1.54) is 24.3 Å². The number of hydrazine groups is 1. The van der Waals surface area contributed by atoms with Gasteiger partial charge in [0, 0.05) is 28.9 Å². The number of nitrogens with zero attached hydrogens (tertiary/aromatic N) is 2. The average molecular weight is 522 g/mol. The minimum atomic E-state index is -0.966. The molecular formula is C23H18N6O7S. The molecule has 0 aliphatic heterocycles. The second kappa shape index (κ2) is 11.5. The molecule has 14 heteroatoms. The fourth-order valence-corrected chi connectivity index (χ4v) is 3.17. The maximum Gasteiger partial charge on any atom is 0.277 e. The number of nitro benzene ring substituents is 2. The Hall–Kier alpha value is -5.24. The summed E-state index contributed by atoms with van der Waals surface area (Å²) in [6.45, 7) is 1.87. The summed E-state index contributed by atoms with van der Waals surface area (Å²) in [6.07, 6.45) is 0. The van der Waals surface area contributed by atoms with Crippen molar-refractivity contribution in [1.82, 2.24) is 16.2 Å². The van der Waals surface area contributed by atoms with Crippen LogP contribution in [0.1, 0.15) is 36.6 Å². The lowest BCUT2D eigenvalue weighted by molar-refractivity contribution is -0.394. The van der Waals surface area contributed by atoms with Crippen molar-refractivity contribution in [2.75, 3.05) is 5.32 Å². The zero-order valence-electron chi connectivity index (χ0n) is 19.0. The van der Waals surface area contributed by atoms with E-state index in [0.717, 1.165) is 17.7 Å². The molecule has 0 saturated carbocycles. The lowest BCUT2D eigenvalue weighted by Crippen LogP contribution is -2.48. The van der Waals surface area contributed by atoms with Crippen LogP contribution in [-0.4, -0.2) is 32.7 Å². The molecule has 0 saturated heterocycles. The number of thiocarbonyl (C=S) groups is 1. The fraction of sp³-hybridized carbons (Fsp3) is 0.0435. The molecule has 3 aromatic carbocycles. The van der Waals surface area contributed by atoms with E-state index in [2.05, 4.69) is 21.5 Å². The van der Waals surface area contributed by atoms with Crippen molar-refractivity contribution in [1.29, 1.82) is 0 Å². The topological polar surface area (TPSA) is 186 Å². The van der Waals surface area contributed by atoms with Crippen LogP contribution in [-0.2, 0) is 0 Å². The van der Waals surface area contributed by atoms with Crippen LogP contribution >= 0.6 is 12.2 Å². The van der Waals surface area contributed by atoms with Gasteiger partial charge in [-0.3, -0.25) is 50.8 Å². The Bertz CT molecular complexity index is 1390. The Kier molecular flexibility index (Phi) is 8.17. The number of nitrogens with one attached hydrogen (secondary N) is 4. The van der Waals surface area contributed by atoms with Crippen molar-refractivity contribution >= 4 is 52.1 Å². The summed E-state index contributed by atoms with van der Waals surface area (Å²) >= 11 is 4.92. The first-order valence-electron chi connectivity index (χ1n) is 10.4. The van der Waals surface area contributed by atoms with Crippen LogP contribution in [0.15, 0.2) is 66.7 Å². The number of rotatable bonds is 6. The van der Waals surface area contributed by atoms with Crippen molar-refractivity contribution < 1.29 is 24.2 Å². The van der Waals surface area contributed by atoms with Gasteiger partial charge in [-0.25, -0.2) is 0 Å². The maximum atomic E-state index is 12.4. The Morgan fingerprint density at radius 3 is 1.92 bits per heavy atom. The summed E-state index contributed by atoms with van der Waals surface area (Å²) in [7, 11) is 0. The summed E-state index contributed by atoms with van der Waals surface area (Å²) in [6, 6.07) is 15.4. The smallest absolute Gasteiger partial charge is 0.277 e. The maximum absolute atomic E-state index is 12.4. The number of carbonyl (C=O) groups is 3. The molecule has 3 amide bonds. The minimum Gasteiger partial charge on any atom is -0.322 e. The molecule has 0 unspecified atom stereocenters. The van der Waals surface area contributed by atoms with E-state index >= 15 is 0 Å². The highest BCUT2D eigenvalue weighted by atomic mass is 32.1. The second-order valence-corrected chi connectivity index (χ2v) is 7.92. The average Bonchev–Trinajstić information content (AvgIpc) is 2.87. The Morgan fingerprint density at radius 2 is 1.35 bits per heavy atom. The van der Waals surface area contributed by atoms with Gasteiger partial charge < -0.3 is 5.32 Å². The van der Waals surface area contributed by atoms with Gasteiger partial charge >= 0.3 is 0 Å². The molecular weight excluding hydrogens is 504 g/mol. The van der Waals surface area contributed by atoms with Crippen LogP contribution in [0.3, 0.4) is 0 Å². The number of non-ortho nitro benzene ring substituents is 2. The summed E-state index contributed by atoms with van der Waals surface area (Å²) in [5.74, 6) is -1.90. The molecule has 0 spiro atoms. The Labute approximate surface area is 214 Å². The van der Waals surface area contributed by atoms with Gasteiger partial charge in [0.15, 0.2) is 5.11 Å². The van der Waals surface area contributed by atoms with Crippen molar-refractivity contribution in [2.24, 2.45) is 0 Å². The SMILES string of the molecule is Cc1cccc(C(=O)Nc2ccc(C(=O)NNC(=S)NC(=O)c3cc([N+](=O)[O-])cc([N+](=O)[O-])c3)cc2)c1. The highest BCUT2D eigenvalue weighted by Gasteiger charge is 2.20. The number of nitro groups is 2. The van der Waals surface area contributed by atoms with Crippen molar-refractivity contribution in [3.63, 3.8) is 0 Å². The lowest BCUT2D eigenvalue weighted by atomic mass is 10.1. The van der Waals surface area contributed by atoms with Crippen LogP contribution in [0.5, 0.6) is 0 Å². The van der Waals surface area contributed by atoms with Crippen LogP contribution < -0.4 is 21.5 Å². The predicted molar refractivity (Wildman–Crippen MR) is 136 cm³/mol. The van der Waals surface area contributed by atoms with Gasteiger partial charge in [-0.2, -0.15) is 0 Å². The first-order chi connectivity index (χ1) is 17.5. The van der Waals surface area contributed by atoms with Crippen LogP contribution in [0, 0.1) is 27.2 Å². The molecule has 0 aliphatic rings. The Morgan fingerprint density at radius 1 is 0.730 bits per heavy atom. The van der Waals surface area contributed by atoms with Crippen molar-refractivity contribution in [3.8, 4) is 0 Å². The largest absolute Gasteiger partial charge is 0.322 e. The lowest BCUT2D eigenvalue weighted by Gasteiger charge is -2.11. The highest BCUT2D eigenvalue weighted by Crippen LogP contribution is 2.22. The molecule has 0 aliphatic carbocycles. The summed E-state index contributed by atoms with van der Waals surface area (Å²) < 4.78 is 0. The Balaban J connectivity index is 1.55. The van der Waals surface area contributed by atoms with E-state index in [9.17, 15) is 34.6 Å². The first kappa shape index (κ1) is 26.4. The molecule has 0 bridgehead atoms. The number of hydrogen-bond donors (Lipinski definition) is 4. The van der Waals surface area contributed by atoms with Crippen LogP contribution in [0.25, 0.3) is 0 Å². The van der Waals surface area contributed by atoms with Gasteiger partial charge in [0.05, 0.1) is 21.5 Å². The van der Waals surface area contributed by atoms with Gasteiger partial charge in [0.2, 0.25) is 0 Å². The number of amides is 3. The summed E-state index contributed by atoms with van der Waals surface area (Å²) in [4.78, 5) is 57.2. The zero-order chi connectivity index (χ0) is 27.1. The number of anilines is 1. The predicted octanol–water partition coefficient (Wildman–Crippen LogP) is 3.01. The molecule has 37 heavy (non-hydrogen) atoms. The normalized spacial score (nSPS) is 10.1. The fourth-order valence-electron chi connectivity index (χ4n) is 3.02. The monoisotopic (exact) mass is 522 g/mol. The molecule has 3 aromatic rings. The molecule has 0 aromatic heterocycles. The van der Waals surface area contributed by atoms with E-state index < -0.39 is 33.0 Å². The van der Waals surface area contributed by atoms with Gasteiger partial charge in [-0.05, 0) is 55.5 Å². The van der Waals surface area contributed by atoms with Gasteiger partial charge in [0.1, 0.15) is 0 Å².